The molecule has 1 aliphatic heterocycles. The van der Waals surface area contributed by atoms with E-state index < -0.39 is 0 Å². The predicted octanol–water partition coefficient (Wildman–Crippen LogP) is 1.12. The van der Waals surface area contributed by atoms with Crippen LogP contribution in [0.5, 0.6) is 0 Å². The van der Waals surface area contributed by atoms with Crippen LogP contribution >= 0.6 is 0 Å². The molecule has 1 heterocycles. The first-order valence-electron chi connectivity index (χ1n) is 6.35. The summed E-state index contributed by atoms with van der Waals surface area (Å²) in [5, 5.41) is 7.32. The molecule has 1 saturated heterocycles. The molecule has 0 spiro atoms. The van der Waals surface area contributed by atoms with E-state index in [1.165, 1.54) is 6.42 Å². The summed E-state index contributed by atoms with van der Waals surface area (Å²) in [4.78, 5) is 5.00. The van der Waals surface area contributed by atoms with Crippen molar-refractivity contribution < 1.29 is 0 Å². The normalized spacial score (nSPS) is 22.9. The molecule has 3 N–H and O–H groups in total. The van der Waals surface area contributed by atoms with Gasteiger partial charge in [-0.25, -0.2) is 0 Å². The molecule has 16 heavy (non-hydrogen) atoms. The Labute approximate surface area is 99.3 Å². The zero-order valence-corrected chi connectivity index (χ0v) is 10.9. The van der Waals surface area contributed by atoms with Crippen molar-refractivity contribution in [1.29, 1.82) is 5.41 Å². The van der Waals surface area contributed by atoms with Gasteiger partial charge in [0.2, 0.25) is 0 Å². The van der Waals surface area contributed by atoms with Gasteiger partial charge >= 0.3 is 0 Å². The maximum absolute atomic E-state index is 7.32. The van der Waals surface area contributed by atoms with Crippen molar-refractivity contribution in [3.05, 3.63) is 0 Å². The molecule has 94 valence electrons. The molecule has 2 atom stereocenters. The standard InChI is InChI=1S/C12H26N4/c1-4-10(2)15-5-7-16(8-6-15)11(3)9-12(13)14/h10-11H,4-9H2,1-3H3,(H3,13,14). The molecule has 0 aromatic heterocycles. The monoisotopic (exact) mass is 226 g/mol. The minimum Gasteiger partial charge on any atom is -0.388 e. The summed E-state index contributed by atoms with van der Waals surface area (Å²) in [6.45, 7) is 11.2. The number of amidine groups is 1. The molecular weight excluding hydrogens is 200 g/mol. The third kappa shape index (κ3) is 3.76. The van der Waals surface area contributed by atoms with E-state index in [1.54, 1.807) is 0 Å². The van der Waals surface area contributed by atoms with E-state index in [-0.39, 0.29) is 0 Å². The van der Waals surface area contributed by atoms with Crippen LogP contribution in [0.25, 0.3) is 0 Å². The Hall–Kier alpha value is -0.610. The lowest BCUT2D eigenvalue weighted by Gasteiger charge is -2.40. The highest BCUT2D eigenvalue weighted by molar-refractivity contribution is 5.77. The molecule has 1 rings (SSSR count). The lowest BCUT2D eigenvalue weighted by Crippen LogP contribution is -2.52. The second-order valence-electron chi connectivity index (χ2n) is 4.91. The highest BCUT2D eigenvalue weighted by atomic mass is 15.3. The Balaban J connectivity index is 2.33. The molecule has 0 saturated carbocycles. The van der Waals surface area contributed by atoms with Crippen LogP contribution in [0.2, 0.25) is 0 Å². The third-order valence-electron chi connectivity index (χ3n) is 3.70. The van der Waals surface area contributed by atoms with Crippen molar-refractivity contribution in [3.63, 3.8) is 0 Å². The first kappa shape index (κ1) is 13.5. The topological polar surface area (TPSA) is 56.4 Å². The van der Waals surface area contributed by atoms with E-state index >= 15 is 0 Å². The van der Waals surface area contributed by atoms with Gasteiger partial charge in [-0.3, -0.25) is 15.2 Å². The van der Waals surface area contributed by atoms with Gasteiger partial charge in [0.1, 0.15) is 0 Å². The van der Waals surface area contributed by atoms with Crippen molar-refractivity contribution in [2.24, 2.45) is 5.73 Å². The van der Waals surface area contributed by atoms with Gasteiger partial charge < -0.3 is 5.73 Å². The predicted molar refractivity (Wildman–Crippen MR) is 68.9 cm³/mol. The Morgan fingerprint density at radius 3 is 1.94 bits per heavy atom. The summed E-state index contributed by atoms with van der Waals surface area (Å²) in [6, 6.07) is 1.11. The van der Waals surface area contributed by atoms with Gasteiger partial charge in [-0.05, 0) is 20.3 Å². The largest absolute Gasteiger partial charge is 0.388 e. The quantitative estimate of drug-likeness (QED) is 0.545. The van der Waals surface area contributed by atoms with Gasteiger partial charge in [0.25, 0.3) is 0 Å². The van der Waals surface area contributed by atoms with Gasteiger partial charge in [0, 0.05) is 44.7 Å². The van der Waals surface area contributed by atoms with E-state index in [0.717, 1.165) is 26.2 Å². The smallest absolute Gasteiger partial charge is 0.0920 e. The van der Waals surface area contributed by atoms with Crippen molar-refractivity contribution >= 4 is 5.84 Å². The van der Waals surface area contributed by atoms with Gasteiger partial charge in [-0.2, -0.15) is 0 Å². The summed E-state index contributed by atoms with van der Waals surface area (Å²) >= 11 is 0. The molecule has 0 bridgehead atoms. The number of hydrogen-bond donors (Lipinski definition) is 2. The maximum Gasteiger partial charge on any atom is 0.0920 e. The van der Waals surface area contributed by atoms with Crippen LogP contribution in [0.15, 0.2) is 0 Å². The average Bonchev–Trinajstić information content (AvgIpc) is 2.27. The third-order valence-corrected chi connectivity index (χ3v) is 3.70. The van der Waals surface area contributed by atoms with Gasteiger partial charge in [0.05, 0.1) is 5.84 Å². The zero-order chi connectivity index (χ0) is 12.1. The first-order chi connectivity index (χ1) is 7.54. The minimum absolute atomic E-state index is 0.303. The van der Waals surface area contributed by atoms with Crippen LogP contribution in [0.4, 0.5) is 0 Å². The fourth-order valence-corrected chi connectivity index (χ4v) is 2.32. The molecule has 4 heteroatoms. The first-order valence-corrected chi connectivity index (χ1v) is 6.35. The van der Waals surface area contributed by atoms with Crippen LogP contribution in [-0.4, -0.2) is 53.9 Å². The van der Waals surface area contributed by atoms with E-state index in [4.69, 9.17) is 11.1 Å². The van der Waals surface area contributed by atoms with Crippen LogP contribution in [-0.2, 0) is 0 Å². The van der Waals surface area contributed by atoms with E-state index in [2.05, 4.69) is 30.6 Å². The van der Waals surface area contributed by atoms with Crippen LogP contribution in [0.1, 0.15) is 33.6 Å². The molecule has 1 aliphatic rings. The summed E-state index contributed by atoms with van der Waals surface area (Å²) in [7, 11) is 0. The lowest BCUT2D eigenvalue weighted by atomic mass is 10.1. The Morgan fingerprint density at radius 1 is 1.12 bits per heavy atom. The second-order valence-corrected chi connectivity index (χ2v) is 4.91. The Morgan fingerprint density at radius 2 is 1.56 bits per heavy atom. The average molecular weight is 226 g/mol. The molecule has 0 aromatic carbocycles. The summed E-state index contributed by atoms with van der Waals surface area (Å²) < 4.78 is 0. The maximum atomic E-state index is 7.32. The number of rotatable bonds is 5. The number of nitrogens with zero attached hydrogens (tertiary/aromatic N) is 2. The SMILES string of the molecule is CCC(C)N1CCN(C(C)CC(=N)N)CC1. The fourth-order valence-electron chi connectivity index (χ4n) is 2.32. The molecule has 0 amide bonds. The second kappa shape index (κ2) is 6.21. The minimum atomic E-state index is 0.303. The molecule has 0 aromatic rings. The summed E-state index contributed by atoms with van der Waals surface area (Å²) in [6.07, 6.45) is 1.92. The highest BCUT2D eigenvalue weighted by Gasteiger charge is 2.23. The van der Waals surface area contributed by atoms with Gasteiger partial charge in [0.15, 0.2) is 0 Å². The molecule has 0 radical (unpaired) electrons. The van der Waals surface area contributed by atoms with E-state index in [1.807, 2.05) is 0 Å². The Kier molecular flexibility index (Phi) is 5.22. The number of hydrogen-bond acceptors (Lipinski definition) is 3. The molecule has 4 nitrogen and oxygen atoms in total. The van der Waals surface area contributed by atoms with E-state index in [9.17, 15) is 0 Å². The van der Waals surface area contributed by atoms with Gasteiger partial charge in [-0.1, -0.05) is 6.92 Å². The van der Waals surface area contributed by atoms with Crippen molar-refractivity contribution in [2.45, 2.75) is 45.7 Å². The molecule has 0 aliphatic carbocycles. The van der Waals surface area contributed by atoms with E-state index in [0.29, 0.717) is 24.3 Å². The zero-order valence-electron chi connectivity index (χ0n) is 10.9. The molecule has 2 unspecified atom stereocenters. The van der Waals surface area contributed by atoms with Crippen LogP contribution < -0.4 is 5.73 Å². The Bertz CT molecular complexity index is 221. The number of piperazine rings is 1. The van der Waals surface area contributed by atoms with Crippen molar-refractivity contribution in [3.8, 4) is 0 Å². The number of nitrogens with one attached hydrogen (secondary N) is 1. The number of nitrogens with two attached hydrogens (primary N) is 1. The molecule has 1 fully saturated rings. The van der Waals surface area contributed by atoms with Crippen LogP contribution in [0, 0.1) is 5.41 Å². The van der Waals surface area contributed by atoms with Crippen molar-refractivity contribution in [1.82, 2.24) is 9.80 Å². The molecular formula is C12H26N4. The van der Waals surface area contributed by atoms with Crippen LogP contribution in [0.3, 0.4) is 0 Å². The summed E-state index contributed by atoms with van der Waals surface area (Å²) in [5.74, 6) is 0.303. The summed E-state index contributed by atoms with van der Waals surface area (Å²) in [5.41, 5.74) is 5.44. The van der Waals surface area contributed by atoms with Crippen molar-refractivity contribution in [2.75, 3.05) is 26.2 Å². The highest BCUT2D eigenvalue weighted by Crippen LogP contribution is 2.12. The fraction of sp³-hybridized carbons (Fsp3) is 0.917. The van der Waals surface area contributed by atoms with Gasteiger partial charge in [-0.15, -0.1) is 0 Å². The lowest BCUT2D eigenvalue weighted by molar-refractivity contribution is 0.0791.